The van der Waals surface area contributed by atoms with Gasteiger partial charge in [0.25, 0.3) is 5.91 Å². The summed E-state index contributed by atoms with van der Waals surface area (Å²) < 4.78 is 5.35. The molecular formula is C17H18ClN3O2. The summed E-state index contributed by atoms with van der Waals surface area (Å²) in [6.07, 6.45) is 3.00. The Balaban J connectivity index is 1.65. The van der Waals surface area contributed by atoms with Crippen molar-refractivity contribution in [2.24, 2.45) is 0 Å². The first kappa shape index (κ1) is 15.8. The fourth-order valence-corrected chi connectivity index (χ4v) is 2.61. The molecule has 3 rings (SSSR count). The number of nitrogens with one attached hydrogen (secondary N) is 2. The summed E-state index contributed by atoms with van der Waals surface area (Å²) in [5.74, 6) is 0.375. The number of anilines is 3. The average molecular weight is 332 g/mol. The van der Waals surface area contributed by atoms with Crippen LogP contribution in [-0.2, 0) is 9.53 Å². The molecule has 0 radical (unpaired) electrons. The summed E-state index contributed by atoms with van der Waals surface area (Å²) in [7, 11) is 0. The summed E-state index contributed by atoms with van der Waals surface area (Å²) in [5.41, 5.74) is 2.73. The number of aromatic nitrogens is 1. The van der Waals surface area contributed by atoms with Gasteiger partial charge in [0.2, 0.25) is 0 Å². The molecule has 6 heteroatoms. The van der Waals surface area contributed by atoms with E-state index >= 15 is 0 Å². The standard InChI is InChI=1S/C17H18ClN3O2/c1-11-13(18)4-2-5-14(11)20-12-7-8-16(19-10-12)21-17(22)15-6-3-9-23-15/h2,4-5,7-8,10,15,20H,3,6,9H2,1H3,(H,19,21,22). The molecule has 2 heterocycles. The van der Waals surface area contributed by atoms with Gasteiger partial charge in [-0.3, -0.25) is 4.79 Å². The second-order valence-corrected chi connectivity index (χ2v) is 5.87. The van der Waals surface area contributed by atoms with E-state index in [0.29, 0.717) is 17.4 Å². The number of hydrogen-bond donors (Lipinski definition) is 2. The molecule has 1 aliphatic rings. The van der Waals surface area contributed by atoms with Crippen LogP contribution in [0.3, 0.4) is 0 Å². The lowest BCUT2D eigenvalue weighted by atomic mass is 10.2. The second kappa shape index (κ2) is 6.98. The van der Waals surface area contributed by atoms with Crippen molar-refractivity contribution in [3.05, 3.63) is 47.1 Å². The van der Waals surface area contributed by atoms with Gasteiger partial charge >= 0.3 is 0 Å². The molecule has 0 spiro atoms. The number of benzene rings is 1. The first-order valence-electron chi connectivity index (χ1n) is 7.54. The van der Waals surface area contributed by atoms with E-state index in [0.717, 1.165) is 29.8 Å². The van der Waals surface area contributed by atoms with Crippen LogP contribution >= 0.6 is 11.6 Å². The molecule has 0 aliphatic carbocycles. The molecule has 1 atom stereocenters. The minimum atomic E-state index is -0.358. The van der Waals surface area contributed by atoms with Crippen molar-refractivity contribution in [2.75, 3.05) is 17.2 Å². The Kier molecular flexibility index (Phi) is 4.79. The van der Waals surface area contributed by atoms with E-state index in [1.807, 2.05) is 31.2 Å². The molecule has 2 aromatic rings. The molecule has 23 heavy (non-hydrogen) atoms. The normalized spacial score (nSPS) is 17.0. The van der Waals surface area contributed by atoms with Crippen LogP contribution in [0.25, 0.3) is 0 Å². The number of hydrogen-bond acceptors (Lipinski definition) is 4. The molecule has 5 nitrogen and oxygen atoms in total. The average Bonchev–Trinajstić information content (AvgIpc) is 3.08. The highest BCUT2D eigenvalue weighted by Crippen LogP contribution is 2.26. The third kappa shape index (κ3) is 3.81. The Hall–Kier alpha value is -2.11. The van der Waals surface area contributed by atoms with Crippen molar-refractivity contribution >= 4 is 34.7 Å². The van der Waals surface area contributed by atoms with Crippen LogP contribution in [0.5, 0.6) is 0 Å². The van der Waals surface area contributed by atoms with Gasteiger partial charge in [-0.05, 0) is 49.6 Å². The first-order valence-corrected chi connectivity index (χ1v) is 7.92. The van der Waals surface area contributed by atoms with Crippen molar-refractivity contribution in [1.29, 1.82) is 0 Å². The smallest absolute Gasteiger partial charge is 0.254 e. The van der Waals surface area contributed by atoms with Crippen LogP contribution in [0.4, 0.5) is 17.2 Å². The lowest BCUT2D eigenvalue weighted by Gasteiger charge is -2.12. The van der Waals surface area contributed by atoms with Crippen LogP contribution in [0.15, 0.2) is 36.5 Å². The summed E-state index contributed by atoms with van der Waals surface area (Å²) in [4.78, 5) is 16.2. The summed E-state index contributed by atoms with van der Waals surface area (Å²) in [6.45, 7) is 2.60. The zero-order chi connectivity index (χ0) is 16.2. The Bertz CT molecular complexity index is 697. The SMILES string of the molecule is Cc1c(Cl)cccc1Nc1ccc(NC(=O)C2CCCO2)nc1. The maximum atomic E-state index is 12.0. The highest BCUT2D eigenvalue weighted by atomic mass is 35.5. The number of ether oxygens (including phenoxy) is 1. The summed E-state index contributed by atoms with van der Waals surface area (Å²) in [5, 5.41) is 6.75. The molecule has 1 amide bonds. The van der Waals surface area contributed by atoms with Gasteiger partial charge in [0, 0.05) is 17.3 Å². The van der Waals surface area contributed by atoms with E-state index in [2.05, 4.69) is 15.6 Å². The van der Waals surface area contributed by atoms with Gasteiger partial charge < -0.3 is 15.4 Å². The summed E-state index contributed by atoms with van der Waals surface area (Å²) in [6, 6.07) is 9.31. The minimum Gasteiger partial charge on any atom is -0.368 e. The van der Waals surface area contributed by atoms with Gasteiger partial charge in [-0.25, -0.2) is 4.98 Å². The van der Waals surface area contributed by atoms with Crippen LogP contribution < -0.4 is 10.6 Å². The van der Waals surface area contributed by atoms with Gasteiger partial charge in [0.05, 0.1) is 11.9 Å². The maximum Gasteiger partial charge on any atom is 0.254 e. The quantitative estimate of drug-likeness (QED) is 0.891. The highest BCUT2D eigenvalue weighted by Gasteiger charge is 2.23. The highest BCUT2D eigenvalue weighted by molar-refractivity contribution is 6.31. The second-order valence-electron chi connectivity index (χ2n) is 5.46. The summed E-state index contributed by atoms with van der Waals surface area (Å²) >= 11 is 6.11. The topological polar surface area (TPSA) is 63.2 Å². The third-order valence-corrected chi connectivity index (χ3v) is 4.19. The predicted molar refractivity (Wildman–Crippen MR) is 91.3 cm³/mol. The largest absolute Gasteiger partial charge is 0.368 e. The molecule has 1 fully saturated rings. The van der Waals surface area contributed by atoms with E-state index in [-0.39, 0.29) is 12.0 Å². The van der Waals surface area contributed by atoms with Gasteiger partial charge in [-0.1, -0.05) is 17.7 Å². The lowest BCUT2D eigenvalue weighted by Crippen LogP contribution is -2.27. The van der Waals surface area contributed by atoms with Crippen molar-refractivity contribution in [3.63, 3.8) is 0 Å². The van der Waals surface area contributed by atoms with Gasteiger partial charge in [-0.15, -0.1) is 0 Å². The maximum absolute atomic E-state index is 12.0. The molecule has 1 saturated heterocycles. The molecule has 120 valence electrons. The van der Waals surface area contributed by atoms with Gasteiger partial charge in [-0.2, -0.15) is 0 Å². The number of amides is 1. The zero-order valence-corrected chi connectivity index (χ0v) is 13.6. The zero-order valence-electron chi connectivity index (χ0n) is 12.8. The third-order valence-electron chi connectivity index (χ3n) is 3.78. The van der Waals surface area contributed by atoms with Gasteiger partial charge in [0.15, 0.2) is 0 Å². The van der Waals surface area contributed by atoms with Crippen LogP contribution in [-0.4, -0.2) is 23.6 Å². The Morgan fingerprint density at radius 2 is 2.22 bits per heavy atom. The molecule has 0 bridgehead atoms. The van der Waals surface area contributed by atoms with Crippen molar-refractivity contribution < 1.29 is 9.53 Å². The fraction of sp³-hybridized carbons (Fsp3) is 0.294. The number of rotatable bonds is 4. The van der Waals surface area contributed by atoms with Crippen LogP contribution in [0.1, 0.15) is 18.4 Å². The van der Waals surface area contributed by atoms with E-state index in [9.17, 15) is 4.79 Å². The van der Waals surface area contributed by atoms with Crippen LogP contribution in [0.2, 0.25) is 5.02 Å². The van der Waals surface area contributed by atoms with E-state index in [4.69, 9.17) is 16.3 Å². The molecular weight excluding hydrogens is 314 g/mol. The molecule has 1 unspecified atom stereocenters. The molecule has 1 aromatic carbocycles. The number of carbonyl (C=O) groups excluding carboxylic acids is 1. The van der Waals surface area contributed by atoms with E-state index < -0.39 is 0 Å². The van der Waals surface area contributed by atoms with E-state index in [1.165, 1.54) is 0 Å². The van der Waals surface area contributed by atoms with Crippen molar-refractivity contribution in [1.82, 2.24) is 4.98 Å². The molecule has 1 aliphatic heterocycles. The Labute approximate surface area is 140 Å². The first-order chi connectivity index (χ1) is 11.1. The molecule has 0 saturated carbocycles. The fourth-order valence-electron chi connectivity index (χ4n) is 2.43. The number of pyridine rings is 1. The molecule has 1 aromatic heterocycles. The monoisotopic (exact) mass is 331 g/mol. The number of carbonyl (C=O) groups is 1. The molecule has 2 N–H and O–H groups in total. The Morgan fingerprint density at radius 1 is 1.35 bits per heavy atom. The number of halogens is 1. The van der Waals surface area contributed by atoms with Crippen LogP contribution in [0, 0.1) is 6.92 Å². The van der Waals surface area contributed by atoms with Crippen molar-refractivity contribution in [2.45, 2.75) is 25.9 Å². The number of nitrogens with zero attached hydrogens (tertiary/aromatic N) is 1. The van der Waals surface area contributed by atoms with E-state index in [1.54, 1.807) is 12.3 Å². The lowest BCUT2D eigenvalue weighted by molar-refractivity contribution is -0.124. The van der Waals surface area contributed by atoms with Gasteiger partial charge in [0.1, 0.15) is 11.9 Å². The minimum absolute atomic E-state index is 0.138. The van der Waals surface area contributed by atoms with Crippen molar-refractivity contribution in [3.8, 4) is 0 Å². The predicted octanol–water partition coefficient (Wildman–Crippen LogP) is 3.90. The Morgan fingerprint density at radius 3 is 2.91 bits per heavy atom.